The Labute approximate surface area is 117 Å². The number of nitrogens with one attached hydrogen (secondary N) is 1. The molecule has 0 unspecified atom stereocenters. The van der Waals surface area contributed by atoms with Gasteiger partial charge in [0.1, 0.15) is 5.82 Å². The molecule has 0 aliphatic heterocycles. The quantitative estimate of drug-likeness (QED) is 0.886. The summed E-state index contributed by atoms with van der Waals surface area (Å²) in [7, 11) is 0. The highest BCUT2D eigenvalue weighted by Gasteiger charge is 2.07. The van der Waals surface area contributed by atoms with Crippen LogP contribution in [0.1, 0.15) is 11.1 Å². The molecule has 0 aliphatic rings. The van der Waals surface area contributed by atoms with E-state index >= 15 is 0 Å². The number of rotatable bonds is 4. The fourth-order valence-corrected chi connectivity index (χ4v) is 2.11. The average Bonchev–Trinajstić information content (AvgIpc) is 2.38. The highest BCUT2D eigenvalue weighted by molar-refractivity contribution is 6.31. The molecule has 0 bridgehead atoms. The van der Waals surface area contributed by atoms with Crippen molar-refractivity contribution >= 4 is 23.0 Å². The molecule has 0 aliphatic carbocycles. The van der Waals surface area contributed by atoms with Crippen LogP contribution in [-0.4, -0.2) is 6.54 Å². The lowest BCUT2D eigenvalue weighted by Gasteiger charge is -2.14. The van der Waals surface area contributed by atoms with Gasteiger partial charge in [-0.3, -0.25) is 0 Å². The first-order valence-electron chi connectivity index (χ1n) is 6.12. The summed E-state index contributed by atoms with van der Waals surface area (Å²) in [5.41, 5.74) is 9.16. The van der Waals surface area contributed by atoms with Crippen LogP contribution in [0.2, 0.25) is 5.02 Å². The third-order valence-corrected chi connectivity index (χ3v) is 3.43. The number of nitrogens with two attached hydrogens (primary N) is 1. The third-order valence-electron chi connectivity index (χ3n) is 3.02. The molecule has 3 N–H and O–H groups in total. The van der Waals surface area contributed by atoms with Gasteiger partial charge in [0.15, 0.2) is 0 Å². The van der Waals surface area contributed by atoms with Gasteiger partial charge in [-0.15, -0.1) is 0 Å². The first-order chi connectivity index (χ1) is 9.11. The summed E-state index contributed by atoms with van der Waals surface area (Å²) in [6, 6.07) is 10.3. The molecule has 4 heteroatoms. The highest BCUT2D eigenvalue weighted by Crippen LogP contribution is 2.28. The van der Waals surface area contributed by atoms with E-state index in [4.69, 9.17) is 17.3 Å². The molecule has 0 aromatic heterocycles. The lowest BCUT2D eigenvalue weighted by atomic mass is 10.1. The molecule has 0 saturated carbocycles. The van der Waals surface area contributed by atoms with E-state index in [1.54, 1.807) is 6.07 Å². The Morgan fingerprint density at radius 2 is 2.00 bits per heavy atom. The number of benzene rings is 2. The molecule has 0 radical (unpaired) electrons. The summed E-state index contributed by atoms with van der Waals surface area (Å²) < 4.78 is 13.3. The predicted octanol–water partition coefficient (Wildman–Crippen LogP) is 4.03. The van der Waals surface area contributed by atoms with Gasteiger partial charge in [-0.05, 0) is 61.3 Å². The second kappa shape index (κ2) is 6.04. The minimum Gasteiger partial charge on any atom is -0.355 e. The van der Waals surface area contributed by atoms with Gasteiger partial charge in [0.2, 0.25) is 0 Å². The van der Waals surface area contributed by atoms with Crippen molar-refractivity contribution in [1.82, 2.24) is 0 Å². The maximum atomic E-state index is 13.3. The van der Waals surface area contributed by atoms with Gasteiger partial charge < -0.3 is 11.1 Å². The molecule has 2 nitrogen and oxygen atoms in total. The van der Waals surface area contributed by atoms with Crippen LogP contribution in [0.4, 0.5) is 15.8 Å². The van der Waals surface area contributed by atoms with Crippen molar-refractivity contribution in [2.45, 2.75) is 13.3 Å². The van der Waals surface area contributed by atoms with Crippen molar-refractivity contribution in [1.29, 1.82) is 0 Å². The van der Waals surface area contributed by atoms with Crippen LogP contribution in [0.5, 0.6) is 0 Å². The predicted molar refractivity (Wildman–Crippen MR) is 78.6 cm³/mol. The summed E-state index contributed by atoms with van der Waals surface area (Å²) in [5.74, 6) is -0.253. The van der Waals surface area contributed by atoms with Crippen LogP contribution in [0.3, 0.4) is 0 Å². The maximum Gasteiger partial charge on any atom is 0.123 e. The van der Waals surface area contributed by atoms with Crippen molar-refractivity contribution in [2.24, 2.45) is 5.73 Å². The van der Waals surface area contributed by atoms with Gasteiger partial charge in [0.25, 0.3) is 0 Å². The Hall–Kier alpha value is -1.58. The molecule has 0 atom stereocenters. The monoisotopic (exact) mass is 278 g/mol. The van der Waals surface area contributed by atoms with E-state index in [1.807, 2.05) is 25.1 Å². The molecule has 2 rings (SSSR count). The Morgan fingerprint density at radius 3 is 2.74 bits per heavy atom. The van der Waals surface area contributed by atoms with Crippen LogP contribution < -0.4 is 11.1 Å². The van der Waals surface area contributed by atoms with E-state index in [-0.39, 0.29) is 5.82 Å². The Balaban J connectivity index is 2.35. The van der Waals surface area contributed by atoms with Crippen LogP contribution in [0, 0.1) is 12.7 Å². The summed E-state index contributed by atoms with van der Waals surface area (Å²) in [6.07, 6.45) is 0.625. The van der Waals surface area contributed by atoms with Crippen molar-refractivity contribution < 1.29 is 4.39 Å². The van der Waals surface area contributed by atoms with Crippen LogP contribution in [0.25, 0.3) is 0 Å². The highest BCUT2D eigenvalue weighted by atomic mass is 35.5. The fourth-order valence-electron chi connectivity index (χ4n) is 1.93. The second-order valence-corrected chi connectivity index (χ2v) is 4.78. The fraction of sp³-hybridized carbons (Fsp3) is 0.200. The molecular formula is C15H16ClFN2. The Kier molecular flexibility index (Phi) is 4.40. The van der Waals surface area contributed by atoms with Crippen molar-refractivity contribution in [3.63, 3.8) is 0 Å². The van der Waals surface area contributed by atoms with E-state index in [2.05, 4.69) is 5.32 Å². The van der Waals surface area contributed by atoms with Gasteiger partial charge in [-0.2, -0.15) is 0 Å². The zero-order valence-electron chi connectivity index (χ0n) is 10.7. The average molecular weight is 279 g/mol. The molecule has 0 heterocycles. The summed E-state index contributed by atoms with van der Waals surface area (Å²) >= 11 is 6.09. The van der Waals surface area contributed by atoms with E-state index in [0.29, 0.717) is 18.0 Å². The van der Waals surface area contributed by atoms with Crippen LogP contribution in [0.15, 0.2) is 36.4 Å². The van der Waals surface area contributed by atoms with Crippen LogP contribution in [-0.2, 0) is 6.42 Å². The molecule has 2 aromatic carbocycles. The largest absolute Gasteiger partial charge is 0.355 e. The number of hydrogen-bond acceptors (Lipinski definition) is 2. The van der Waals surface area contributed by atoms with Gasteiger partial charge in [-0.1, -0.05) is 17.7 Å². The molecule has 100 valence electrons. The summed E-state index contributed by atoms with van der Waals surface area (Å²) in [5, 5.41) is 3.99. The Morgan fingerprint density at radius 1 is 1.21 bits per heavy atom. The molecule has 0 fully saturated rings. The van der Waals surface area contributed by atoms with Gasteiger partial charge in [0, 0.05) is 16.4 Å². The van der Waals surface area contributed by atoms with Crippen molar-refractivity contribution in [2.75, 3.05) is 11.9 Å². The first kappa shape index (κ1) is 13.8. The zero-order chi connectivity index (χ0) is 13.8. The SMILES string of the molecule is Cc1c(Cl)cccc1Nc1ccc(F)cc1CCN. The van der Waals surface area contributed by atoms with Crippen molar-refractivity contribution in [3.05, 3.63) is 58.4 Å². The molecule has 2 aromatic rings. The van der Waals surface area contributed by atoms with E-state index in [9.17, 15) is 4.39 Å². The minimum absolute atomic E-state index is 0.253. The minimum atomic E-state index is -0.253. The van der Waals surface area contributed by atoms with Crippen LogP contribution >= 0.6 is 11.6 Å². The maximum absolute atomic E-state index is 13.3. The first-order valence-corrected chi connectivity index (χ1v) is 6.50. The molecule has 0 amide bonds. The zero-order valence-corrected chi connectivity index (χ0v) is 11.5. The lowest BCUT2D eigenvalue weighted by molar-refractivity contribution is 0.625. The number of hydrogen-bond donors (Lipinski definition) is 2. The van der Waals surface area contributed by atoms with E-state index in [1.165, 1.54) is 12.1 Å². The van der Waals surface area contributed by atoms with E-state index < -0.39 is 0 Å². The van der Waals surface area contributed by atoms with Gasteiger partial charge >= 0.3 is 0 Å². The normalized spacial score (nSPS) is 10.5. The smallest absolute Gasteiger partial charge is 0.123 e. The van der Waals surface area contributed by atoms with Gasteiger partial charge in [0.05, 0.1) is 0 Å². The second-order valence-electron chi connectivity index (χ2n) is 4.38. The molecule has 0 spiro atoms. The third kappa shape index (κ3) is 3.25. The van der Waals surface area contributed by atoms with Gasteiger partial charge in [-0.25, -0.2) is 4.39 Å². The standard InChI is InChI=1S/C15H16ClFN2/c1-10-13(16)3-2-4-14(10)19-15-6-5-12(17)9-11(15)7-8-18/h2-6,9,19H,7-8,18H2,1H3. The Bertz CT molecular complexity index is 584. The summed E-state index contributed by atoms with van der Waals surface area (Å²) in [4.78, 5) is 0. The molecule has 0 saturated heterocycles. The number of halogens is 2. The number of anilines is 2. The molecular weight excluding hydrogens is 263 g/mol. The lowest BCUT2D eigenvalue weighted by Crippen LogP contribution is -2.06. The topological polar surface area (TPSA) is 38.0 Å². The van der Waals surface area contributed by atoms with Crippen molar-refractivity contribution in [3.8, 4) is 0 Å². The summed E-state index contributed by atoms with van der Waals surface area (Å²) in [6.45, 7) is 2.42. The van der Waals surface area contributed by atoms with E-state index in [0.717, 1.165) is 22.5 Å². The molecule has 19 heavy (non-hydrogen) atoms.